The normalized spacial score (nSPS) is 11.8. The number of allylic oxidation sites excluding steroid dienone is 1. The summed E-state index contributed by atoms with van der Waals surface area (Å²) < 4.78 is 0. The first-order chi connectivity index (χ1) is 6.24. The molecule has 13 heavy (non-hydrogen) atoms. The summed E-state index contributed by atoms with van der Waals surface area (Å²) in [5.41, 5.74) is 1.92. The van der Waals surface area contributed by atoms with Gasteiger partial charge in [0.1, 0.15) is 6.29 Å². The second-order valence-electron chi connectivity index (χ2n) is 3.33. The van der Waals surface area contributed by atoms with Crippen LogP contribution in [0.1, 0.15) is 19.4 Å². The van der Waals surface area contributed by atoms with Gasteiger partial charge in [0.2, 0.25) is 0 Å². The van der Waals surface area contributed by atoms with Gasteiger partial charge in [0.05, 0.1) is 0 Å². The maximum Gasteiger partial charge on any atom is 0.146 e. The number of carbonyl (C=O) groups is 1. The third-order valence-corrected chi connectivity index (χ3v) is 1.94. The molecule has 1 heteroatoms. The molecule has 0 saturated carbocycles. The van der Waals surface area contributed by atoms with Crippen molar-refractivity contribution in [2.45, 2.75) is 13.8 Å². The van der Waals surface area contributed by atoms with Crippen LogP contribution in [0.5, 0.6) is 0 Å². The van der Waals surface area contributed by atoms with E-state index < -0.39 is 0 Å². The molecule has 0 aliphatic carbocycles. The van der Waals surface area contributed by atoms with Gasteiger partial charge in [-0.3, -0.25) is 4.79 Å². The number of hydrogen-bond acceptors (Lipinski definition) is 1. The average molecular weight is 174 g/mol. The molecule has 0 aliphatic rings. The molecule has 1 nitrogen and oxygen atoms in total. The van der Waals surface area contributed by atoms with E-state index in [1.807, 2.05) is 50.3 Å². The van der Waals surface area contributed by atoms with Gasteiger partial charge in [0.15, 0.2) is 0 Å². The molecule has 0 radical (unpaired) electrons. The molecule has 0 fully saturated rings. The van der Waals surface area contributed by atoms with Crippen molar-refractivity contribution in [3.63, 3.8) is 0 Å². The van der Waals surface area contributed by atoms with Crippen molar-refractivity contribution in [2.24, 2.45) is 5.92 Å². The molecular weight excluding hydrogens is 160 g/mol. The Morgan fingerprint density at radius 2 is 1.85 bits per heavy atom. The van der Waals surface area contributed by atoms with E-state index in [0.29, 0.717) is 0 Å². The van der Waals surface area contributed by atoms with Crippen LogP contribution in [-0.4, -0.2) is 6.29 Å². The molecule has 0 bridgehead atoms. The zero-order valence-electron chi connectivity index (χ0n) is 8.03. The lowest BCUT2D eigenvalue weighted by Crippen LogP contribution is -1.94. The first kappa shape index (κ1) is 9.72. The lowest BCUT2D eigenvalue weighted by atomic mass is 10.0. The van der Waals surface area contributed by atoms with Gasteiger partial charge in [-0.25, -0.2) is 0 Å². The Morgan fingerprint density at radius 1 is 1.23 bits per heavy atom. The third-order valence-electron chi connectivity index (χ3n) is 1.94. The summed E-state index contributed by atoms with van der Waals surface area (Å²) in [6.07, 6.45) is 2.86. The van der Waals surface area contributed by atoms with E-state index in [2.05, 4.69) is 0 Å². The van der Waals surface area contributed by atoms with Crippen LogP contribution in [0.2, 0.25) is 0 Å². The molecule has 0 spiro atoms. The average Bonchev–Trinajstić information content (AvgIpc) is 2.15. The number of carbonyl (C=O) groups excluding carboxylic acids is 1. The molecule has 0 aromatic heterocycles. The Balaban J connectivity index is 2.92. The fourth-order valence-electron chi connectivity index (χ4n) is 1.08. The smallest absolute Gasteiger partial charge is 0.146 e. The van der Waals surface area contributed by atoms with Gasteiger partial charge in [-0.2, -0.15) is 0 Å². The van der Waals surface area contributed by atoms with E-state index in [0.717, 1.165) is 17.4 Å². The molecule has 1 aromatic carbocycles. The molecule has 0 N–H and O–H groups in total. The Kier molecular flexibility index (Phi) is 3.44. The summed E-state index contributed by atoms with van der Waals surface area (Å²) >= 11 is 0. The van der Waals surface area contributed by atoms with Crippen LogP contribution in [0, 0.1) is 5.92 Å². The quantitative estimate of drug-likeness (QED) is 0.508. The van der Waals surface area contributed by atoms with Gasteiger partial charge in [-0.15, -0.1) is 0 Å². The van der Waals surface area contributed by atoms with Crippen molar-refractivity contribution in [1.29, 1.82) is 0 Å². The maximum absolute atomic E-state index is 10.7. The number of hydrogen-bond donors (Lipinski definition) is 0. The molecule has 0 atom stereocenters. The van der Waals surface area contributed by atoms with Crippen molar-refractivity contribution < 1.29 is 4.79 Å². The number of benzene rings is 1. The Bertz CT molecular complexity index is 296. The van der Waals surface area contributed by atoms with Crippen molar-refractivity contribution in [1.82, 2.24) is 0 Å². The van der Waals surface area contributed by atoms with Gasteiger partial charge >= 0.3 is 0 Å². The molecule has 0 aliphatic heterocycles. The highest BCUT2D eigenvalue weighted by atomic mass is 16.1. The minimum atomic E-state index is 0.290. The second-order valence-corrected chi connectivity index (χ2v) is 3.33. The molecule has 0 amide bonds. The molecule has 1 aromatic rings. The molecular formula is C12H14O. The summed E-state index contributed by atoms with van der Waals surface area (Å²) in [6.45, 7) is 4.03. The zero-order chi connectivity index (χ0) is 9.68. The summed E-state index contributed by atoms with van der Waals surface area (Å²) in [5, 5.41) is 0. The number of aldehydes is 1. The van der Waals surface area contributed by atoms with Crippen LogP contribution < -0.4 is 0 Å². The van der Waals surface area contributed by atoms with Crippen LogP contribution in [-0.2, 0) is 4.79 Å². The van der Waals surface area contributed by atoms with Crippen molar-refractivity contribution in [3.05, 3.63) is 41.5 Å². The van der Waals surface area contributed by atoms with E-state index in [9.17, 15) is 4.79 Å². The largest absolute Gasteiger partial charge is 0.298 e. The van der Waals surface area contributed by atoms with Crippen LogP contribution >= 0.6 is 0 Å². The predicted octanol–water partition coefficient (Wildman–Crippen LogP) is 2.92. The van der Waals surface area contributed by atoms with E-state index in [1.165, 1.54) is 0 Å². The van der Waals surface area contributed by atoms with Crippen molar-refractivity contribution in [3.8, 4) is 0 Å². The first-order valence-electron chi connectivity index (χ1n) is 4.46. The van der Waals surface area contributed by atoms with Crippen molar-refractivity contribution in [2.75, 3.05) is 0 Å². The van der Waals surface area contributed by atoms with Gasteiger partial charge in [-0.1, -0.05) is 44.2 Å². The van der Waals surface area contributed by atoms with E-state index >= 15 is 0 Å². The Morgan fingerprint density at radius 3 is 2.31 bits per heavy atom. The molecule has 1 rings (SSSR count). The van der Waals surface area contributed by atoms with Crippen LogP contribution in [0.15, 0.2) is 35.9 Å². The fraction of sp³-hybridized carbons (Fsp3) is 0.250. The van der Waals surface area contributed by atoms with Gasteiger partial charge < -0.3 is 0 Å². The van der Waals surface area contributed by atoms with Gasteiger partial charge in [0, 0.05) is 0 Å². The molecule has 68 valence electrons. The lowest BCUT2D eigenvalue weighted by Gasteiger charge is -2.02. The van der Waals surface area contributed by atoms with Crippen LogP contribution in [0.25, 0.3) is 6.08 Å². The van der Waals surface area contributed by atoms with E-state index in [4.69, 9.17) is 0 Å². The van der Waals surface area contributed by atoms with Crippen LogP contribution in [0.3, 0.4) is 0 Å². The van der Waals surface area contributed by atoms with Gasteiger partial charge in [-0.05, 0) is 23.1 Å². The predicted molar refractivity (Wildman–Crippen MR) is 55.3 cm³/mol. The highest BCUT2D eigenvalue weighted by Crippen LogP contribution is 2.11. The molecule has 0 heterocycles. The minimum absolute atomic E-state index is 0.290. The minimum Gasteiger partial charge on any atom is -0.298 e. The molecule has 0 unspecified atom stereocenters. The summed E-state index contributed by atoms with van der Waals surface area (Å²) in [5.74, 6) is 0.290. The Labute approximate surface area is 79.1 Å². The number of rotatable bonds is 3. The van der Waals surface area contributed by atoms with Crippen molar-refractivity contribution >= 4 is 12.4 Å². The second kappa shape index (κ2) is 4.61. The first-order valence-corrected chi connectivity index (χ1v) is 4.46. The maximum atomic E-state index is 10.7. The lowest BCUT2D eigenvalue weighted by molar-refractivity contribution is -0.105. The fourth-order valence-corrected chi connectivity index (χ4v) is 1.08. The SMILES string of the molecule is CC(C)/C(C=O)=C\c1ccccc1. The third kappa shape index (κ3) is 2.86. The summed E-state index contributed by atoms with van der Waals surface area (Å²) in [6, 6.07) is 9.88. The topological polar surface area (TPSA) is 17.1 Å². The summed E-state index contributed by atoms with van der Waals surface area (Å²) in [4.78, 5) is 10.7. The highest BCUT2D eigenvalue weighted by Gasteiger charge is 2.00. The standard InChI is InChI=1S/C12H14O/c1-10(2)12(9-13)8-11-6-4-3-5-7-11/h3-10H,1-2H3/b12-8-. The Hall–Kier alpha value is -1.37. The highest BCUT2D eigenvalue weighted by molar-refractivity contribution is 5.82. The zero-order valence-corrected chi connectivity index (χ0v) is 8.03. The van der Waals surface area contributed by atoms with E-state index in [1.54, 1.807) is 0 Å². The molecule has 0 saturated heterocycles. The van der Waals surface area contributed by atoms with Crippen LogP contribution in [0.4, 0.5) is 0 Å². The summed E-state index contributed by atoms with van der Waals surface area (Å²) in [7, 11) is 0. The van der Waals surface area contributed by atoms with Gasteiger partial charge in [0.25, 0.3) is 0 Å². The monoisotopic (exact) mass is 174 g/mol. The van der Waals surface area contributed by atoms with E-state index in [-0.39, 0.29) is 5.92 Å².